The van der Waals surface area contributed by atoms with Crippen LogP contribution in [0.4, 0.5) is 0 Å². The molecule has 122 valence electrons. The number of nitrogens with one attached hydrogen (secondary N) is 1. The van der Waals surface area contributed by atoms with Crippen LogP contribution in [0.15, 0.2) is 65.3 Å². The summed E-state index contributed by atoms with van der Waals surface area (Å²) in [4.78, 5) is 16.5. The number of rotatable bonds is 6. The largest absolute Gasteiger partial charge is 0.494 e. The van der Waals surface area contributed by atoms with Crippen molar-refractivity contribution in [1.82, 2.24) is 5.32 Å². The predicted molar refractivity (Wildman–Crippen MR) is 95.9 cm³/mol. The van der Waals surface area contributed by atoms with Gasteiger partial charge in [-0.1, -0.05) is 42.5 Å². The highest BCUT2D eigenvalue weighted by Crippen LogP contribution is 2.18. The van der Waals surface area contributed by atoms with E-state index in [1.165, 1.54) is 5.56 Å². The molecule has 0 fully saturated rings. The van der Waals surface area contributed by atoms with Gasteiger partial charge in [-0.05, 0) is 42.7 Å². The van der Waals surface area contributed by atoms with Crippen LogP contribution in [0, 0.1) is 0 Å². The number of benzene rings is 2. The highest BCUT2D eigenvalue weighted by atomic mass is 16.5. The zero-order chi connectivity index (χ0) is 16.8. The minimum atomic E-state index is -0.153. The maximum absolute atomic E-state index is 12.1. The number of amides is 1. The Morgan fingerprint density at radius 1 is 1.08 bits per heavy atom. The Kier molecular flexibility index (Phi) is 5.06. The Morgan fingerprint density at radius 3 is 2.71 bits per heavy atom. The van der Waals surface area contributed by atoms with Crippen LogP contribution < -0.4 is 10.1 Å². The summed E-state index contributed by atoms with van der Waals surface area (Å²) in [6.45, 7) is 2.56. The first-order valence-corrected chi connectivity index (χ1v) is 8.12. The molecule has 1 amide bonds. The number of aryl methyl sites for hydroxylation is 1. The standard InChI is InChI=1S/C20H20N2O2/c1-2-24-17-10-6-9-16(13-17)14-18-20(23)22-19(21-18)12-11-15-7-4-3-5-8-15/h3-10,13-14H,2,11-12H2,1H3,(H,21,22,23)/b18-14+. The monoisotopic (exact) mass is 320 g/mol. The summed E-state index contributed by atoms with van der Waals surface area (Å²) in [5.74, 6) is 1.36. The Balaban J connectivity index is 1.70. The van der Waals surface area contributed by atoms with E-state index in [0.717, 1.165) is 23.6 Å². The summed E-state index contributed by atoms with van der Waals surface area (Å²) in [7, 11) is 0. The minimum absolute atomic E-state index is 0.153. The number of carbonyl (C=O) groups is 1. The lowest BCUT2D eigenvalue weighted by atomic mass is 10.1. The number of carbonyl (C=O) groups excluding carboxylic acids is 1. The first-order valence-electron chi connectivity index (χ1n) is 8.12. The summed E-state index contributed by atoms with van der Waals surface area (Å²) in [6.07, 6.45) is 3.35. The number of ether oxygens (including phenoxy) is 1. The summed E-state index contributed by atoms with van der Waals surface area (Å²) in [6, 6.07) is 17.8. The molecule has 1 aliphatic rings. The van der Waals surface area contributed by atoms with Crippen LogP contribution in [0.1, 0.15) is 24.5 Å². The van der Waals surface area contributed by atoms with Crippen LogP contribution >= 0.6 is 0 Å². The van der Waals surface area contributed by atoms with Crippen LogP contribution in [0.5, 0.6) is 5.75 Å². The normalized spacial score (nSPS) is 15.3. The van der Waals surface area contributed by atoms with Crippen LogP contribution in [-0.2, 0) is 11.2 Å². The maximum atomic E-state index is 12.1. The van der Waals surface area contributed by atoms with Crippen molar-refractivity contribution in [2.45, 2.75) is 19.8 Å². The fraction of sp³-hybridized carbons (Fsp3) is 0.200. The van der Waals surface area contributed by atoms with E-state index in [1.807, 2.05) is 49.4 Å². The van der Waals surface area contributed by atoms with Gasteiger partial charge in [-0.2, -0.15) is 0 Å². The Bertz CT molecular complexity index is 779. The van der Waals surface area contributed by atoms with Gasteiger partial charge in [-0.25, -0.2) is 4.99 Å². The minimum Gasteiger partial charge on any atom is -0.494 e. The molecule has 1 aliphatic heterocycles. The van der Waals surface area contributed by atoms with Crippen LogP contribution in [0.2, 0.25) is 0 Å². The van der Waals surface area contributed by atoms with Crippen LogP contribution in [0.25, 0.3) is 6.08 Å². The molecule has 0 bridgehead atoms. The van der Waals surface area contributed by atoms with Crippen molar-refractivity contribution in [2.75, 3.05) is 6.61 Å². The molecule has 0 unspecified atom stereocenters. The third kappa shape index (κ3) is 4.10. The molecule has 1 heterocycles. The van der Waals surface area contributed by atoms with Crippen molar-refractivity contribution >= 4 is 17.8 Å². The second-order valence-electron chi connectivity index (χ2n) is 5.53. The lowest BCUT2D eigenvalue weighted by Gasteiger charge is -2.03. The molecule has 4 heteroatoms. The molecular formula is C20H20N2O2. The number of hydrogen-bond acceptors (Lipinski definition) is 3. The van der Waals surface area contributed by atoms with Crippen LogP contribution in [-0.4, -0.2) is 18.3 Å². The molecule has 0 aromatic heterocycles. The van der Waals surface area contributed by atoms with Gasteiger partial charge in [0.05, 0.1) is 6.61 Å². The van der Waals surface area contributed by atoms with Gasteiger partial charge in [0, 0.05) is 6.42 Å². The zero-order valence-corrected chi connectivity index (χ0v) is 13.7. The fourth-order valence-electron chi connectivity index (χ4n) is 2.56. The third-order valence-corrected chi connectivity index (χ3v) is 3.71. The lowest BCUT2D eigenvalue weighted by Crippen LogP contribution is -2.24. The first-order chi connectivity index (χ1) is 11.7. The molecule has 0 aliphatic carbocycles. The lowest BCUT2D eigenvalue weighted by molar-refractivity contribution is -0.115. The van der Waals surface area contributed by atoms with Crippen molar-refractivity contribution in [1.29, 1.82) is 0 Å². The van der Waals surface area contributed by atoms with E-state index in [1.54, 1.807) is 6.08 Å². The molecule has 2 aromatic carbocycles. The molecule has 24 heavy (non-hydrogen) atoms. The second-order valence-corrected chi connectivity index (χ2v) is 5.53. The predicted octanol–water partition coefficient (Wildman–Crippen LogP) is 3.59. The SMILES string of the molecule is CCOc1cccc(/C=C2/N=C(CCc3ccccc3)NC2=O)c1. The van der Waals surface area contributed by atoms with Gasteiger partial charge in [0.15, 0.2) is 0 Å². The van der Waals surface area contributed by atoms with E-state index < -0.39 is 0 Å². The van der Waals surface area contributed by atoms with E-state index in [0.29, 0.717) is 18.7 Å². The molecule has 4 nitrogen and oxygen atoms in total. The van der Waals surface area contributed by atoms with Gasteiger partial charge >= 0.3 is 0 Å². The van der Waals surface area contributed by atoms with E-state index in [-0.39, 0.29) is 5.91 Å². The fourth-order valence-corrected chi connectivity index (χ4v) is 2.56. The van der Waals surface area contributed by atoms with Crippen molar-refractivity contribution in [3.8, 4) is 5.75 Å². The average molecular weight is 320 g/mol. The van der Waals surface area contributed by atoms with Gasteiger partial charge in [-0.15, -0.1) is 0 Å². The van der Waals surface area contributed by atoms with E-state index in [4.69, 9.17) is 4.74 Å². The number of aliphatic imine (C=N–C) groups is 1. The first kappa shape index (κ1) is 16.0. The van der Waals surface area contributed by atoms with Crippen LogP contribution in [0.3, 0.4) is 0 Å². The van der Waals surface area contributed by atoms with Gasteiger partial charge in [0.2, 0.25) is 0 Å². The van der Waals surface area contributed by atoms with Gasteiger partial charge in [0.1, 0.15) is 17.3 Å². The van der Waals surface area contributed by atoms with E-state index in [9.17, 15) is 4.79 Å². The van der Waals surface area contributed by atoms with Gasteiger partial charge in [-0.3, -0.25) is 4.79 Å². The van der Waals surface area contributed by atoms with Crippen molar-refractivity contribution in [2.24, 2.45) is 4.99 Å². The molecule has 2 aromatic rings. The molecule has 0 radical (unpaired) electrons. The molecule has 0 spiro atoms. The quantitative estimate of drug-likeness (QED) is 0.827. The smallest absolute Gasteiger partial charge is 0.275 e. The topological polar surface area (TPSA) is 50.7 Å². The highest BCUT2D eigenvalue weighted by Gasteiger charge is 2.19. The van der Waals surface area contributed by atoms with Crippen molar-refractivity contribution in [3.63, 3.8) is 0 Å². The number of hydrogen-bond donors (Lipinski definition) is 1. The van der Waals surface area contributed by atoms with E-state index >= 15 is 0 Å². The zero-order valence-electron chi connectivity index (χ0n) is 13.7. The van der Waals surface area contributed by atoms with Crippen molar-refractivity contribution < 1.29 is 9.53 Å². The molecule has 0 saturated carbocycles. The summed E-state index contributed by atoms with van der Waals surface area (Å²) >= 11 is 0. The molecular weight excluding hydrogens is 300 g/mol. The molecule has 1 N–H and O–H groups in total. The number of nitrogens with zero attached hydrogens (tertiary/aromatic N) is 1. The van der Waals surface area contributed by atoms with Crippen molar-refractivity contribution in [3.05, 3.63) is 71.4 Å². The molecule has 3 rings (SSSR count). The molecule has 0 atom stereocenters. The van der Waals surface area contributed by atoms with E-state index in [2.05, 4.69) is 22.4 Å². The highest BCUT2D eigenvalue weighted by molar-refractivity contribution is 6.14. The summed E-state index contributed by atoms with van der Waals surface area (Å²) in [5, 5.41) is 2.85. The van der Waals surface area contributed by atoms with Gasteiger partial charge in [0.25, 0.3) is 5.91 Å². The summed E-state index contributed by atoms with van der Waals surface area (Å²) < 4.78 is 5.48. The Labute approximate surface area is 141 Å². The molecule has 0 saturated heterocycles. The summed E-state index contributed by atoms with van der Waals surface area (Å²) in [5.41, 5.74) is 2.57. The average Bonchev–Trinajstić information content (AvgIpc) is 2.94. The Hall–Kier alpha value is -2.88. The maximum Gasteiger partial charge on any atom is 0.275 e. The third-order valence-electron chi connectivity index (χ3n) is 3.71. The Morgan fingerprint density at radius 2 is 1.92 bits per heavy atom. The van der Waals surface area contributed by atoms with Gasteiger partial charge < -0.3 is 10.1 Å². The number of amidine groups is 1. The second kappa shape index (κ2) is 7.59.